The van der Waals surface area contributed by atoms with Crippen LogP contribution >= 0.6 is 0 Å². The lowest BCUT2D eigenvalue weighted by Gasteiger charge is -2.00. The molecular formula is C18H20F2N2O2. The van der Waals surface area contributed by atoms with Gasteiger partial charge in [0, 0.05) is 11.8 Å². The van der Waals surface area contributed by atoms with Crippen molar-refractivity contribution in [2.24, 2.45) is 0 Å². The minimum atomic E-state index is -0.624. The molecule has 2 N–H and O–H groups in total. The second-order valence-electron chi connectivity index (χ2n) is 5.13. The van der Waals surface area contributed by atoms with Crippen molar-refractivity contribution in [2.75, 3.05) is 5.73 Å². The third kappa shape index (κ3) is 5.79. The number of nitro benzene ring substituents is 1. The van der Waals surface area contributed by atoms with Gasteiger partial charge in [-0.05, 0) is 42.2 Å². The number of rotatable bonds is 5. The number of benzene rings is 2. The lowest BCUT2D eigenvalue weighted by atomic mass is 10.1. The Morgan fingerprint density at radius 3 is 2.29 bits per heavy atom. The smallest absolute Gasteiger partial charge is 0.272 e. The van der Waals surface area contributed by atoms with Gasteiger partial charge in [-0.2, -0.15) is 0 Å². The maximum absolute atomic E-state index is 13.0. The van der Waals surface area contributed by atoms with Crippen LogP contribution in [0.2, 0.25) is 0 Å². The summed E-state index contributed by atoms with van der Waals surface area (Å²) < 4.78 is 26.0. The lowest BCUT2D eigenvalue weighted by Crippen LogP contribution is -1.92. The van der Waals surface area contributed by atoms with Gasteiger partial charge in [-0.3, -0.25) is 10.1 Å². The Balaban J connectivity index is 0.000000243. The average Bonchev–Trinajstić information content (AvgIpc) is 2.53. The third-order valence-corrected chi connectivity index (χ3v) is 3.21. The number of hydrogen-bond donors (Lipinski definition) is 1. The molecule has 2 aromatic carbocycles. The molecule has 0 aliphatic carbocycles. The van der Waals surface area contributed by atoms with Crippen molar-refractivity contribution in [3.8, 4) is 0 Å². The Labute approximate surface area is 139 Å². The van der Waals surface area contributed by atoms with Gasteiger partial charge in [0.05, 0.1) is 11.0 Å². The van der Waals surface area contributed by atoms with Crippen LogP contribution in [0.3, 0.4) is 0 Å². The van der Waals surface area contributed by atoms with Crippen LogP contribution in [0.15, 0.2) is 49.1 Å². The molecule has 128 valence electrons. The molecule has 0 aromatic heterocycles. The Morgan fingerprint density at radius 2 is 1.79 bits per heavy atom. The van der Waals surface area contributed by atoms with E-state index in [0.29, 0.717) is 17.7 Å². The zero-order chi connectivity index (χ0) is 18.1. The topological polar surface area (TPSA) is 69.2 Å². The van der Waals surface area contributed by atoms with Gasteiger partial charge in [0.1, 0.15) is 11.6 Å². The van der Waals surface area contributed by atoms with E-state index in [-0.39, 0.29) is 11.5 Å². The highest BCUT2D eigenvalue weighted by molar-refractivity contribution is 5.40. The van der Waals surface area contributed by atoms with Gasteiger partial charge in [-0.25, -0.2) is 8.78 Å². The monoisotopic (exact) mass is 334 g/mol. The first-order chi connectivity index (χ1) is 11.4. The van der Waals surface area contributed by atoms with Crippen LogP contribution in [0.5, 0.6) is 0 Å². The van der Waals surface area contributed by atoms with Crippen molar-refractivity contribution in [3.63, 3.8) is 0 Å². The predicted octanol–water partition coefficient (Wildman–Crippen LogP) is 4.82. The van der Waals surface area contributed by atoms with E-state index in [2.05, 4.69) is 6.58 Å². The normalized spacial score (nSPS) is 9.79. The highest BCUT2D eigenvalue weighted by atomic mass is 19.1. The second-order valence-corrected chi connectivity index (χ2v) is 5.13. The Morgan fingerprint density at radius 1 is 1.17 bits per heavy atom. The van der Waals surface area contributed by atoms with Gasteiger partial charge in [-0.1, -0.05) is 25.5 Å². The number of halogens is 2. The molecule has 0 fully saturated rings. The van der Waals surface area contributed by atoms with Crippen molar-refractivity contribution >= 4 is 11.4 Å². The summed E-state index contributed by atoms with van der Waals surface area (Å²) in [4.78, 5) is 9.62. The van der Waals surface area contributed by atoms with Crippen molar-refractivity contribution in [1.29, 1.82) is 0 Å². The van der Waals surface area contributed by atoms with E-state index in [1.807, 2.05) is 6.92 Å². The molecule has 2 rings (SSSR count). The van der Waals surface area contributed by atoms with Crippen molar-refractivity contribution in [3.05, 3.63) is 81.9 Å². The zero-order valence-corrected chi connectivity index (χ0v) is 13.5. The summed E-state index contributed by atoms with van der Waals surface area (Å²) in [6.45, 7) is 5.48. The highest BCUT2D eigenvalue weighted by Gasteiger charge is 2.09. The summed E-state index contributed by atoms with van der Waals surface area (Å²) in [5, 5.41) is 10.2. The molecule has 0 saturated carbocycles. The van der Waals surface area contributed by atoms with E-state index in [0.717, 1.165) is 24.5 Å². The summed E-state index contributed by atoms with van der Waals surface area (Å²) in [6.07, 6.45) is 3.67. The first-order valence-corrected chi connectivity index (χ1v) is 7.46. The van der Waals surface area contributed by atoms with Crippen molar-refractivity contribution < 1.29 is 13.7 Å². The fourth-order valence-electron chi connectivity index (χ4n) is 2.01. The van der Waals surface area contributed by atoms with Gasteiger partial charge < -0.3 is 5.73 Å². The molecule has 0 bridgehead atoms. The molecule has 0 heterocycles. The van der Waals surface area contributed by atoms with Crippen molar-refractivity contribution in [2.45, 2.75) is 26.2 Å². The van der Waals surface area contributed by atoms with Crippen LogP contribution in [0, 0.1) is 21.7 Å². The molecule has 0 spiro atoms. The van der Waals surface area contributed by atoms with E-state index in [9.17, 15) is 18.9 Å². The van der Waals surface area contributed by atoms with Gasteiger partial charge in [-0.15, -0.1) is 6.58 Å². The molecule has 4 nitrogen and oxygen atoms in total. The van der Waals surface area contributed by atoms with Gasteiger partial charge in [0.15, 0.2) is 0 Å². The molecule has 0 amide bonds. The maximum Gasteiger partial charge on any atom is 0.272 e. The number of hydrogen-bond acceptors (Lipinski definition) is 3. The van der Waals surface area contributed by atoms with E-state index in [1.165, 1.54) is 18.2 Å². The van der Waals surface area contributed by atoms with Gasteiger partial charge in [0.25, 0.3) is 5.69 Å². The first kappa shape index (κ1) is 19.3. The molecule has 0 saturated heterocycles. The fourth-order valence-corrected chi connectivity index (χ4v) is 2.01. The first-order valence-electron chi connectivity index (χ1n) is 7.46. The molecule has 0 atom stereocenters. The molecule has 6 heteroatoms. The SMILES string of the molecule is C=CCc1ccc([N+](=O)[O-])cc1F.CCCc1ccc(N)cc1F. The minimum absolute atomic E-state index is 0.188. The van der Waals surface area contributed by atoms with Gasteiger partial charge >= 0.3 is 0 Å². The second kappa shape index (κ2) is 9.39. The van der Waals surface area contributed by atoms with Crippen LogP contribution in [-0.2, 0) is 12.8 Å². The van der Waals surface area contributed by atoms with E-state index in [1.54, 1.807) is 18.2 Å². The summed E-state index contributed by atoms with van der Waals surface area (Å²) in [5.74, 6) is -0.749. The number of allylic oxidation sites excluding steroid dienone is 1. The van der Waals surface area contributed by atoms with Crippen LogP contribution in [0.25, 0.3) is 0 Å². The number of anilines is 1. The van der Waals surface area contributed by atoms with Crippen LogP contribution in [0.1, 0.15) is 24.5 Å². The predicted molar refractivity (Wildman–Crippen MR) is 91.8 cm³/mol. The quantitative estimate of drug-likeness (QED) is 0.369. The number of aryl methyl sites for hydroxylation is 1. The largest absolute Gasteiger partial charge is 0.399 e. The molecule has 0 aliphatic rings. The Hall–Kier alpha value is -2.76. The van der Waals surface area contributed by atoms with Crippen LogP contribution in [-0.4, -0.2) is 4.92 Å². The van der Waals surface area contributed by atoms with E-state index in [4.69, 9.17) is 5.73 Å². The maximum atomic E-state index is 13.0. The number of nitrogen functional groups attached to an aromatic ring is 1. The molecular weight excluding hydrogens is 314 g/mol. The Kier molecular flexibility index (Phi) is 7.55. The molecule has 24 heavy (non-hydrogen) atoms. The fraction of sp³-hybridized carbons (Fsp3) is 0.222. The minimum Gasteiger partial charge on any atom is -0.399 e. The molecule has 2 aromatic rings. The van der Waals surface area contributed by atoms with Crippen molar-refractivity contribution in [1.82, 2.24) is 0 Å². The molecule has 0 unspecified atom stereocenters. The van der Waals surface area contributed by atoms with E-state index < -0.39 is 10.7 Å². The molecule has 0 radical (unpaired) electrons. The third-order valence-electron chi connectivity index (χ3n) is 3.21. The summed E-state index contributed by atoms with van der Waals surface area (Å²) in [7, 11) is 0. The Bertz CT molecular complexity index is 718. The lowest BCUT2D eigenvalue weighted by molar-refractivity contribution is -0.385. The summed E-state index contributed by atoms with van der Waals surface area (Å²) >= 11 is 0. The standard InChI is InChI=1S/C9H8FNO2.C9H12FN/c1-2-3-7-4-5-8(11(12)13)6-9(7)10;1-2-3-7-4-5-8(11)6-9(7)10/h2,4-6H,1,3H2;4-6H,2-3,11H2,1H3. The zero-order valence-electron chi connectivity index (χ0n) is 13.5. The summed E-state index contributed by atoms with van der Waals surface area (Å²) in [5.41, 5.74) is 6.81. The molecule has 0 aliphatic heterocycles. The van der Waals surface area contributed by atoms with Crippen LogP contribution < -0.4 is 5.73 Å². The summed E-state index contributed by atoms with van der Waals surface area (Å²) in [6, 6.07) is 8.43. The number of non-ortho nitro benzene ring substituents is 1. The average molecular weight is 334 g/mol. The van der Waals surface area contributed by atoms with Crippen LogP contribution in [0.4, 0.5) is 20.2 Å². The number of nitro groups is 1. The van der Waals surface area contributed by atoms with Gasteiger partial charge in [0.2, 0.25) is 0 Å². The number of nitrogens with two attached hydrogens (primary N) is 1. The van der Waals surface area contributed by atoms with E-state index >= 15 is 0 Å². The number of nitrogens with zero attached hydrogens (tertiary/aromatic N) is 1. The highest BCUT2D eigenvalue weighted by Crippen LogP contribution is 2.17.